The average molecular weight is 386 g/mol. The molecule has 0 fully saturated rings. The van der Waals surface area contributed by atoms with Gasteiger partial charge >= 0.3 is 0 Å². The molecule has 27 heavy (non-hydrogen) atoms. The minimum atomic E-state index is -0.196. The van der Waals surface area contributed by atoms with Gasteiger partial charge in [-0.1, -0.05) is 12.1 Å². The maximum Gasteiger partial charge on any atom is 0.190 e. The van der Waals surface area contributed by atoms with E-state index in [9.17, 15) is 4.39 Å². The lowest BCUT2D eigenvalue weighted by molar-refractivity contribution is 0.626. The summed E-state index contributed by atoms with van der Waals surface area (Å²) in [5, 5.41) is 6.62. The summed E-state index contributed by atoms with van der Waals surface area (Å²) in [5.74, 6) is 2.53. The highest BCUT2D eigenvalue weighted by Gasteiger charge is 2.03. The number of nitrogens with one attached hydrogen (secondary N) is 3. The number of aromatic nitrogens is 2. The number of aliphatic imine (C=N–C) groups is 1. The van der Waals surface area contributed by atoms with Crippen LogP contribution in [0.1, 0.15) is 12.2 Å². The van der Waals surface area contributed by atoms with Crippen molar-refractivity contribution < 1.29 is 4.39 Å². The molecular formula is C20H24FN5S. The highest BCUT2D eigenvalue weighted by atomic mass is 32.2. The summed E-state index contributed by atoms with van der Waals surface area (Å²) in [6, 6.07) is 14.6. The van der Waals surface area contributed by atoms with Crippen LogP contribution in [0, 0.1) is 5.82 Å². The second-order valence-corrected chi connectivity index (χ2v) is 7.20. The fourth-order valence-electron chi connectivity index (χ4n) is 2.64. The van der Waals surface area contributed by atoms with Crippen LogP contribution in [-0.4, -0.2) is 41.8 Å². The van der Waals surface area contributed by atoms with Gasteiger partial charge in [-0.3, -0.25) is 4.99 Å². The van der Waals surface area contributed by atoms with Crippen molar-refractivity contribution in [3.05, 3.63) is 60.2 Å². The number of halogens is 1. The van der Waals surface area contributed by atoms with Gasteiger partial charge in [-0.2, -0.15) is 0 Å². The number of H-pyrrole nitrogens is 1. The Hall–Kier alpha value is -2.54. The maximum atomic E-state index is 12.9. The lowest BCUT2D eigenvalue weighted by Crippen LogP contribution is -2.38. The van der Waals surface area contributed by atoms with Gasteiger partial charge in [0.05, 0.1) is 11.0 Å². The second-order valence-electron chi connectivity index (χ2n) is 6.03. The predicted octanol–water partition coefficient (Wildman–Crippen LogP) is 3.59. The molecule has 1 aromatic heterocycles. The van der Waals surface area contributed by atoms with E-state index in [-0.39, 0.29) is 5.82 Å². The fourth-order valence-corrected chi connectivity index (χ4v) is 3.50. The van der Waals surface area contributed by atoms with Gasteiger partial charge in [0.25, 0.3) is 0 Å². The number of rotatable bonds is 8. The summed E-state index contributed by atoms with van der Waals surface area (Å²) in [7, 11) is 1.77. The number of aromatic amines is 1. The average Bonchev–Trinajstić information content (AvgIpc) is 3.10. The Kier molecular flexibility index (Phi) is 7.10. The molecule has 142 valence electrons. The summed E-state index contributed by atoms with van der Waals surface area (Å²) in [6.45, 7) is 1.59. The summed E-state index contributed by atoms with van der Waals surface area (Å²) >= 11 is 1.73. The SMILES string of the molecule is CN=C(NCCCSc1ccc(F)cc1)NCCc1nc2ccccc2[nH]1. The maximum absolute atomic E-state index is 12.9. The first-order chi connectivity index (χ1) is 13.2. The quantitative estimate of drug-likeness (QED) is 0.240. The molecule has 3 N–H and O–H groups in total. The number of benzene rings is 2. The monoisotopic (exact) mass is 385 g/mol. The standard InChI is InChI=1S/C20H24FN5S/c1-22-20(23-12-4-14-27-16-9-7-15(21)8-10-16)24-13-11-19-25-17-5-2-3-6-18(17)26-19/h2-3,5-10H,4,11-14H2,1H3,(H,25,26)(H2,22,23,24). The number of nitrogens with zero attached hydrogens (tertiary/aromatic N) is 2. The van der Waals surface area contributed by atoms with Crippen LogP contribution in [0.2, 0.25) is 0 Å². The Labute approximate surface area is 162 Å². The van der Waals surface area contributed by atoms with Crippen LogP contribution in [0.25, 0.3) is 11.0 Å². The van der Waals surface area contributed by atoms with Gasteiger partial charge in [-0.15, -0.1) is 11.8 Å². The Balaban J connectivity index is 1.32. The van der Waals surface area contributed by atoms with E-state index in [1.165, 1.54) is 12.1 Å². The fraction of sp³-hybridized carbons (Fsp3) is 0.300. The van der Waals surface area contributed by atoms with Crippen molar-refractivity contribution in [2.45, 2.75) is 17.7 Å². The highest BCUT2D eigenvalue weighted by Crippen LogP contribution is 2.18. The van der Waals surface area contributed by atoms with Crippen molar-refractivity contribution in [2.24, 2.45) is 4.99 Å². The highest BCUT2D eigenvalue weighted by molar-refractivity contribution is 7.99. The number of guanidine groups is 1. The van der Waals surface area contributed by atoms with Gasteiger partial charge in [0.2, 0.25) is 0 Å². The zero-order valence-electron chi connectivity index (χ0n) is 15.3. The van der Waals surface area contributed by atoms with E-state index >= 15 is 0 Å². The normalized spacial score (nSPS) is 11.7. The first-order valence-corrected chi connectivity index (χ1v) is 9.99. The van der Waals surface area contributed by atoms with Crippen LogP contribution < -0.4 is 10.6 Å². The smallest absolute Gasteiger partial charge is 0.190 e. The molecule has 0 radical (unpaired) electrons. The van der Waals surface area contributed by atoms with Crippen molar-refractivity contribution in [3.8, 4) is 0 Å². The second kappa shape index (κ2) is 9.97. The Morgan fingerprint density at radius 3 is 2.67 bits per heavy atom. The molecule has 0 saturated heterocycles. The van der Waals surface area contributed by atoms with E-state index < -0.39 is 0 Å². The van der Waals surface area contributed by atoms with Crippen molar-refractivity contribution in [2.75, 3.05) is 25.9 Å². The molecule has 0 saturated carbocycles. The van der Waals surface area contributed by atoms with E-state index in [2.05, 4.69) is 25.6 Å². The van der Waals surface area contributed by atoms with Crippen molar-refractivity contribution in [1.82, 2.24) is 20.6 Å². The Morgan fingerprint density at radius 2 is 1.89 bits per heavy atom. The molecule has 1 heterocycles. The number of hydrogen-bond acceptors (Lipinski definition) is 3. The zero-order valence-corrected chi connectivity index (χ0v) is 16.2. The third kappa shape index (κ3) is 5.99. The molecule has 7 heteroatoms. The summed E-state index contributed by atoms with van der Waals surface area (Å²) in [4.78, 5) is 13.2. The minimum Gasteiger partial charge on any atom is -0.356 e. The van der Waals surface area contributed by atoms with Crippen molar-refractivity contribution >= 4 is 28.8 Å². The van der Waals surface area contributed by atoms with Crippen LogP contribution in [0.15, 0.2) is 58.4 Å². The number of para-hydroxylation sites is 2. The van der Waals surface area contributed by atoms with E-state index in [1.54, 1.807) is 18.8 Å². The summed E-state index contributed by atoms with van der Waals surface area (Å²) in [5.41, 5.74) is 2.06. The number of imidazole rings is 1. The molecule has 0 atom stereocenters. The molecule has 5 nitrogen and oxygen atoms in total. The van der Waals surface area contributed by atoms with Gasteiger partial charge in [-0.05, 0) is 48.6 Å². The molecule has 0 aliphatic carbocycles. The molecule has 0 aliphatic heterocycles. The molecule has 0 aliphatic rings. The van der Waals surface area contributed by atoms with Crippen LogP contribution in [0.3, 0.4) is 0 Å². The Bertz CT molecular complexity index is 842. The van der Waals surface area contributed by atoms with Gasteiger partial charge < -0.3 is 15.6 Å². The molecule has 0 bridgehead atoms. The number of hydrogen-bond donors (Lipinski definition) is 3. The molecule has 0 spiro atoms. The van der Waals surface area contributed by atoms with E-state index in [4.69, 9.17) is 0 Å². The first-order valence-electron chi connectivity index (χ1n) is 9.01. The Morgan fingerprint density at radius 1 is 1.11 bits per heavy atom. The van der Waals surface area contributed by atoms with Crippen LogP contribution in [-0.2, 0) is 6.42 Å². The topological polar surface area (TPSA) is 65.1 Å². The summed E-state index contributed by atoms with van der Waals surface area (Å²) < 4.78 is 12.9. The van der Waals surface area contributed by atoms with Gasteiger partial charge in [-0.25, -0.2) is 9.37 Å². The van der Waals surface area contributed by atoms with Gasteiger partial charge in [0.1, 0.15) is 11.6 Å². The van der Waals surface area contributed by atoms with E-state index in [1.807, 2.05) is 36.4 Å². The summed E-state index contributed by atoms with van der Waals surface area (Å²) in [6.07, 6.45) is 1.79. The lowest BCUT2D eigenvalue weighted by Gasteiger charge is -2.11. The third-order valence-corrected chi connectivity index (χ3v) is 5.11. The largest absolute Gasteiger partial charge is 0.356 e. The molecule has 3 rings (SSSR count). The van der Waals surface area contributed by atoms with Crippen molar-refractivity contribution in [3.63, 3.8) is 0 Å². The minimum absolute atomic E-state index is 0.196. The molecule has 0 amide bonds. The van der Waals surface area contributed by atoms with Gasteiger partial charge in [0, 0.05) is 31.5 Å². The van der Waals surface area contributed by atoms with Gasteiger partial charge in [0.15, 0.2) is 5.96 Å². The molecule has 3 aromatic rings. The van der Waals surface area contributed by atoms with E-state index in [0.29, 0.717) is 0 Å². The number of fused-ring (bicyclic) bond motifs is 1. The van der Waals surface area contributed by atoms with E-state index in [0.717, 1.165) is 59.4 Å². The number of thioether (sulfide) groups is 1. The lowest BCUT2D eigenvalue weighted by atomic mass is 10.3. The van der Waals surface area contributed by atoms with Crippen molar-refractivity contribution in [1.29, 1.82) is 0 Å². The molecular weight excluding hydrogens is 361 g/mol. The zero-order chi connectivity index (χ0) is 18.9. The van der Waals surface area contributed by atoms with Crippen LogP contribution in [0.5, 0.6) is 0 Å². The third-order valence-electron chi connectivity index (χ3n) is 4.01. The first kappa shape index (κ1) is 19.2. The van der Waals surface area contributed by atoms with Crippen LogP contribution >= 0.6 is 11.8 Å². The predicted molar refractivity (Wildman–Crippen MR) is 111 cm³/mol. The molecule has 0 unspecified atom stereocenters. The molecule has 2 aromatic carbocycles. The van der Waals surface area contributed by atoms with Crippen LogP contribution in [0.4, 0.5) is 4.39 Å².